The monoisotopic (exact) mass is 438 g/mol. The van der Waals surface area contributed by atoms with Gasteiger partial charge in [-0.05, 0) is 59.5 Å². The summed E-state index contributed by atoms with van der Waals surface area (Å²) in [5, 5.41) is 1.13. The molecule has 0 amide bonds. The molecule has 0 fully saturated rings. The third-order valence-corrected chi connectivity index (χ3v) is 6.10. The fourth-order valence-corrected chi connectivity index (χ4v) is 4.28. The first-order valence-corrected chi connectivity index (χ1v) is 11.1. The van der Waals surface area contributed by atoms with Crippen molar-refractivity contribution < 1.29 is 9.53 Å². The maximum atomic E-state index is 11.6. The number of benzene rings is 1. The van der Waals surface area contributed by atoms with Gasteiger partial charge in [0.2, 0.25) is 0 Å². The number of esters is 1. The van der Waals surface area contributed by atoms with Crippen LogP contribution in [0.1, 0.15) is 33.6 Å². The Morgan fingerprint density at radius 1 is 1.06 bits per heavy atom. The number of methoxy groups -OCH3 is 1. The van der Waals surface area contributed by atoms with E-state index in [0.717, 1.165) is 48.3 Å². The molecule has 1 aliphatic heterocycles. The van der Waals surface area contributed by atoms with E-state index >= 15 is 0 Å². The van der Waals surface area contributed by atoms with E-state index in [1.807, 2.05) is 36.7 Å². The van der Waals surface area contributed by atoms with Crippen molar-refractivity contribution in [3.63, 3.8) is 0 Å². The number of hydrogen-bond donors (Lipinski definition) is 0. The van der Waals surface area contributed by atoms with Crippen molar-refractivity contribution in [3.05, 3.63) is 102 Å². The zero-order chi connectivity index (χ0) is 22.6. The van der Waals surface area contributed by atoms with Crippen molar-refractivity contribution in [2.24, 2.45) is 0 Å². The second kappa shape index (κ2) is 9.38. The highest BCUT2D eigenvalue weighted by atomic mass is 16.5. The van der Waals surface area contributed by atoms with E-state index in [1.54, 1.807) is 12.1 Å². The van der Waals surface area contributed by atoms with Gasteiger partial charge in [0.15, 0.2) is 0 Å². The highest BCUT2D eigenvalue weighted by Crippen LogP contribution is 2.26. The van der Waals surface area contributed by atoms with E-state index in [0.29, 0.717) is 12.1 Å². The molecule has 6 heteroatoms. The lowest BCUT2D eigenvalue weighted by Gasteiger charge is -2.26. The topological polar surface area (TPSA) is 60.2 Å². The van der Waals surface area contributed by atoms with Crippen LogP contribution in [-0.2, 0) is 17.8 Å². The summed E-state index contributed by atoms with van der Waals surface area (Å²) in [6.07, 6.45) is 9.23. The normalized spacial score (nSPS) is 14.3. The molecule has 0 saturated carbocycles. The van der Waals surface area contributed by atoms with Crippen molar-refractivity contribution in [1.29, 1.82) is 0 Å². The van der Waals surface area contributed by atoms with Gasteiger partial charge in [0.05, 0.1) is 18.4 Å². The number of nitrogens with zero attached hydrogens (tertiary/aromatic N) is 4. The zero-order valence-electron chi connectivity index (χ0n) is 18.6. The van der Waals surface area contributed by atoms with E-state index in [4.69, 9.17) is 9.72 Å². The summed E-state index contributed by atoms with van der Waals surface area (Å²) in [4.78, 5) is 23.3. The van der Waals surface area contributed by atoms with E-state index in [1.165, 1.54) is 18.2 Å². The molecule has 1 aromatic carbocycles. The Balaban J connectivity index is 1.28. The summed E-state index contributed by atoms with van der Waals surface area (Å²) in [7, 11) is 1.39. The summed E-state index contributed by atoms with van der Waals surface area (Å²) in [5.74, 6) is -0.320. The highest BCUT2D eigenvalue weighted by molar-refractivity contribution is 5.89. The summed E-state index contributed by atoms with van der Waals surface area (Å²) in [6.45, 7) is 3.52. The number of aromatic nitrogens is 3. The van der Waals surface area contributed by atoms with Gasteiger partial charge in [-0.25, -0.2) is 9.78 Å². The largest absolute Gasteiger partial charge is 0.465 e. The molecule has 5 rings (SSSR count). The van der Waals surface area contributed by atoms with Crippen molar-refractivity contribution in [1.82, 2.24) is 19.4 Å². The SMILES string of the molecule is COC(=O)c1ccc(Cn2ccc3cc(C4=CCN(Cc5ccccn5)CC4)cnc32)cc1. The molecule has 4 heterocycles. The first kappa shape index (κ1) is 21.1. The molecule has 0 saturated heterocycles. The zero-order valence-corrected chi connectivity index (χ0v) is 18.6. The number of carbonyl (C=O) groups excluding carboxylic acids is 1. The molecule has 0 bridgehead atoms. The summed E-state index contributed by atoms with van der Waals surface area (Å²) < 4.78 is 6.90. The Bertz CT molecular complexity index is 1290. The number of ether oxygens (including phenoxy) is 1. The molecular weight excluding hydrogens is 412 g/mol. The predicted octanol–water partition coefficient (Wildman–Crippen LogP) is 4.56. The van der Waals surface area contributed by atoms with Crippen LogP contribution in [-0.4, -0.2) is 45.6 Å². The van der Waals surface area contributed by atoms with Gasteiger partial charge in [-0.1, -0.05) is 24.3 Å². The maximum absolute atomic E-state index is 11.6. The minimum atomic E-state index is -0.320. The minimum Gasteiger partial charge on any atom is -0.465 e. The van der Waals surface area contributed by atoms with Gasteiger partial charge in [0, 0.05) is 50.2 Å². The van der Waals surface area contributed by atoms with Gasteiger partial charge >= 0.3 is 5.97 Å². The molecule has 0 unspecified atom stereocenters. The number of pyridine rings is 2. The van der Waals surface area contributed by atoms with E-state index in [-0.39, 0.29) is 5.97 Å². The molecule has 0 N–H and O–H groups in total. The van der Waals surface area contributed by atoms with Crippen LogP contribution in [0.2, 0.25) is 0 Å². The first-order chi connectivity index (χ1) is 16.2. The molecule has 0 aliphatic carbocycles. The molecule has 6 nitrogen and oxygen atoms in total. The molecule has 0 spiro atoms. The Labute approximate surface area is 193 Å². The summed E-state index contributed by atoms with van der Waals surface area (Å²) in [6, 6.07) is 17.9. The molecule has 3 aromatic heterocycles. The van der Waals surface area contributed by atoms with E-state index < -0.39 is 0 Å². The average Bonchev–Trinajstić information content (AvgIpc) is 3.27. The fraction of sp³-hybridized carbons (Fsp3) is 0.222. The second-order valence-corrected chi connectivity index (χ2v) is 8.30. The van der Waals surface area contributed by atoms with Crippen LogP contribution < -0.4 is 0 Å². The minimum absolute atomic E-state index is 0.320. The Morgan fingerprint density at radius 2 is 1.94 bits per heavy atom. The van der Waals surface area contributed by atoms with E-state index in [9.17, 15) is 4.79 Å². The maximum Gasteiger partial charge on any atom is 0.337 e. The highest BCUT2D eigenvalue weighted by Gasteiger charge is 2.15. The first-order valence-electron chi connectivity index (χ1n) is 11.1. The van der Waals surface area contributed by atoms with Gasteiger partial charge in [0.1, 0.15) is 5.65 Å². The average molecular weight is 439 g/mol. The smallest absolute Gasteiger partial charge is 0.337 e. The quantitative estimate of drug-likeness (QED) is 0.413. The lowest BCUT2D eigenvalue weighted by atomic mass is 10.0. The van der Waals surface area contributed by atoms with Crippen LogP contribution in [0.4, 0.5) is 0 Å². The van der Waals surface area contributed by atoms with Crippen molar-refractivity contribution >= 4 is 22.6 Å². The Kier molecular flexibility index (Phi) is 6.00. The Hall–Kier alpha value is -3.77. The second-order valence-electron chi connectivity index (χ2n) is 8.30. The summed E-state index contributed by atoms with van der Waals surface area (Å²) >= 11 is 0. The number of carbonyl (C=O) groups is 1. The lowest BCUT2D eigenvalue weighted by molar-refractivity contribution is 0.0600. The number of fused-ring (bicyclic) bond motifs is 1. The third kappa shape index (κ3) is 4.71. The molecule has 0 atom stereocenters. The molecule has 33 heavy (non-hydrogen) atoms. The van der Waals surface area contributed by atoms with Crippen LogP contribution in [0.15, 0.2) is 79.3 Å². The number of rotatable bonds is 6. The van der Waals surface area contributed by atoms with Crippen LogP contribution in [0.5, 0.6) is 0 Å². The summed E-state index contributed by atoms with van der Waals surface area (Å²) in [5.41, 5.74) is 6.28. The molecular formula is C27H26N4O2. The van der Waals surface area contributed by atoms with Gasteiger partial charge in [-0.15, -0.1) is 0 Å². The Morgan fingerprint density at radius 3 is 2.67 bits per heavy atom. The van der Waals surface area contributed by atoms with Gasteiger partial charge < -0.3 is 9.30 Å². The standard InChI is InChI=1S/C27H26N4O2/c1-33-27(32)22-7-5-20(6-8-22)18-31-15-11-23-16-24(17-29-26(23)31)21-9-13-30(14-10-21)19-25-4-2-3-12-28-25/h2-9,11-12,15-17H,10,13-14,18-19H2,1H3. The number of hydrogen-bond acceptors (Lipinski definition) is 5. The van der Waals surface area contributed by atoms with Crippen LogP contribution in [0.3, 0.4) is 0 Å². The molecule has 1 aliphatic rings. The molecule has 0 radical (unpaired) electrons. The third-order valence-electron chi connectivity index (χ3n) is 6.10. The molecule has 4 aromatic rings. The van der Waals surface area contributed by atoms with Crippen LogP contribution in [0, 0.1) is 0 Å². The van der Waals surface area contributed by atoms with Gasteiger partial charge in [-0.3, -0.25) is 9.88 Å². The fourth-order valence-electron chi connectivity index (χ4n) is 4.28. The van der Waals surface area contributed by atoms with Crippen molar-refractivity contribution in [3.8, 4) is 0 Å². The predicted molar refractivity (Wildman–Crippen MR) is 129 cm³/mol. The van der Waals surface area contributed by atoms with Crippen molar-refractivity contribution in [2.45, 2.75) is 19.5 Å². The molecule has 166 valence electrons. The van der Waals surface area contributed by atoms with Crippen LogP contribution in [0.25, 0.3) is 16.6 Å². The van der Waals surface area contributed by atoms with E-state index in [2.05, 4.69) is 44.9 Å². The van der Waals surface area contributed by atoms with Crippen molar-refractivity contribution in [2.75, 3.05) is 20.2 Å². The van der Waals surface area contributed by atoms with Gasteiger partial charge in [-0.2, -0.15) is 0 Å². The lowest BCUT2D eigenvalue weighted by Crippen LogP contribution is -2.28. The van der Waals surface area contributed by atoms with Crippen LogP contribution >= 0.6 is 0 Å². The van der Waals surface area contributed by atoms with Gasteiger partial charge in [0.25, 0.3) is 0 Å².